The van der Waals surface area contributed by atoms with E-state index in [0.29, 0.717) is 6.04 Å². The van der Waals surface area contributed by atoms with Crippen LogP contribution in [0.25, 0.3) is 0 Å². The number of morpholine rings is 1. The number of hydrogen-bond acceptors (Lipinski definition) is 3. The fraction of sp³-hybridized carbons (Fsp3) is 0.625. The Balaban J connectivity index is 2.15. The molecule has 0 radical (unpaired) electrons. The summed E-state index contributed by atoms with van der Waals surface area (Å²) in [6.07, 6.45) is 1.78. The molecule has 1 saturated heterocycles. The molecule has 106 valence electrons. The Morgan fingerprint density at radius 2 is 2.00 bits per heavy atom. The van der Waals surface area contributed by atoms with E-state index in [1.165, 1.54) is 5.69 Å². The maximum atomic E-state index is 9.84. The van der Waals surface area contributed by atoms with Crippen molar-refractivity contribution >= 4 is 5.69 Å². The van der Waals surface area contributed by atoms with Gasteiger partial charge in [-0.25, -0.2) is 0 Å². The maximum absolute atomic E-state index is 9.84. The summed E-state index contributed by atoms with van der Waals surface area (Å²) in [5.41, 5.74) is 2.23. The lowest BCUT2D eigenvalue weighted by molar-refractivity contribution is 0.0299. The molecule has 1 aromatic rings. The van der Waals surface area contributed by atoms with Crippen LogP contribution in [0.4, 0.5) is 5.69 Å². The zero-order chi connectivity index (χ0) is 13.8. The number of benzene rings is 1. The van der Waals surface area contributed by atoms with Crippen LogP contribution in [0.2, 0.25) is 0 Å². The monoisotopic (exact) mass is 263 g/mol. The first-order valence-electron chi connectivity index (χ1n) is 7.32. The summed E-state index contributed by atoms with van der Waals surface area (Å²) in [6.45, 7) is 8.06. The van der Waals surface area contributed by atoms with Gasteiger partial charge in [-0.2, -0.15) is 0 Å². The number of aliphatic hydroxyl groups is 1. The van der Waals surface area contributed by atoms with Gasteiger partial charge in [0.2, 0.25) is 0 Å². The third kappa shape index (κ3) is 3.28. The molecule has 19 heavy (non-hydrogen) atoms. The summed E-state index contributed by atoms with van der Waals surface area (Å²) < 4.78 is 5.73. The van der Waals surface area contributed by atoms with Crippen molar-refractivity contribution < 1.29 is 9.84 Å². The molecule has 3 nitrogen and oxygen atoms in total. The van der Waals surface area contributed by atoms with E-state index < -0.39 is 0 Å². The number of rotatable bonds is 4. The van der Waals surface area contributed by atoms with E-state index in [0.717, 1.165) is 31.6 Å². The number of nitrogens with zero attached hydrogens (tertiary/aromatic N) is 1. The molecule has 1 N–H and O–H groups in total. The third-order valence-corrected chi connectivity index (χ3v) is 3.94. The summed E-state index contributed by atoms with van der Waals surface area (Å²) in [5.74, 6) is 0. The highest BCUT2D eigenvalue weighted by Gasteiger charge is 2.25. The van der Waals surface area contributed by atoms with E-state index in [-0.39, 0.29) is 12.2 Å². The first-order chi connectivity index (χ1) is 9.15. The molecule has 3 atom stereocenters. The van der Waals surface area contributed by atoms with Crippen molar-refractivity contribution in [3.05, 3.63) is 29.8 Å². The predicted octanol–water partition coefficient (Wildman–Crippen LogP) is 3.13. The highest BCUT2D eigenvalue weighted by Crippen LogP contribution is 2.26. The molecule has 0 spiro atoms. The van der Waals surface area contributed by atoms with Crippen LogP contribution in [0.15, 0.2) is 24.3 Å². The van der Waals surface area contributed by atoms with Crippen LogP contribution in [-0.2, 0) is 4.74 Å². The van der Waals surface area contributed by atoms with Gasteiger partial charge in [-0.15, -0.1) is 0 Å². The zero-order valence-electron chi connectivity index (χ0n) is 12.2. The van der Waals surface area contributed by atoms with Gasteiger partial charge in [0.25, 0.3) is 0 Å². The molecule has 1 aliphatic heterocycles. The minimum atomic E-state index is -0.348. The van der Waals surface area contributed by atoms with Gasteiger partial charge in [-0.05, 0) is 37.5 Å². The van der Waals surface area contributed by atoms with Gasteiger partial charge in [-0.1, -0.05) is 26.0 Å². The summed E-state index contributed by atoms with van der Waals surface area (Å²) in [6, 6.07) is 8.77. The molecule has 0 aromatic heterocycles. The first-order valence-corrected chi connectivity index (χ1v) is 7.32. The minimum absolute atomic E-state index is 0.281. The zero-order valence-corrected chi connectivity index (χ0v) is 12.2. The number of aliphatic hydroxyl groups excluding tert-OH is 1. The SMILES string of the molecule is CCC1COC(C)CN1c1ccc([C@@H](O)CC)cc1. The van der Waals surface area contributed by atoms with Crippen molar-refractivity contribution in [2.24, 2.45) is 0 Å². The molecule has 1 fully saturated rings. The maximum Gasteiger partial charge on any atom is 0.0787 e. The molecule has 0 amide bonds. The molecular formula is C16H25NO2. The van der Waals surface area contributed by atoms with Gasteiger partial charge < -0.3 is 14.7 Å². The summed E-state index contributed by atoms with van der Waals surface area (Å²) in [7, 11) is 0. The van der Waals surface area contributed by atoms with E-state index in [1.807, 2.05) is 19.1 Å². The van der Waals surface area contributed by atoms with Gasteiger partial charge in [0, 0.05) is 12.2 Å². The molecule has 1 aliphatic rings. The second-order valence-corrected chi connectivity index (χ2v) is 5.37. The van der Waals surface area contributed by atoms with E-state index in [2.05, 4.69) is 30.9 Å². The van der Waals surface area contributed by atoms with Gasteiger partial charge in [0.1, 0.15) is 0 Å². The Morgan fingerprint density at radius 1 is 1.32 bits per heavy atom. The fourth-order valence-corrected chi connectivity index (χ4v) is 2.62. The number of hydrogen-bond donors (Lipinski definition) is 1. The van der Waals surface area contributed by atoms with Crippen LogP contribution in [0.5, 0.6) is 0 Å². The molecule has 0 saturated carbocycles. The molecule has 2 unspecified atom stereocenters. The van der Waals surface area contributed by atoms with Crippen molar-refractivity contribution in [3.63, 3.8) is 0 Å². The second kappa shape index (κ2) is 6.40. The normalized spacial score (nSPS) is 25.4. The molecular weight excluding hydrogens is 238 g/mol. The molecule has 0 aliphatic carbocycles. The quantitative estimate of drug-likeness (QED) is 0.906. The van der Waals surface area contributed by atoms with Crippen molar-refractivity contribution in [2.75, 3.05) is 18.1 Å². The van der Waals surface area contributed by atoms with Crippen LogP contribution in [0.3, 0.4) is 0 Å². The lowest BCUT2D eigenvalue weighted by Crippen LogP contribution is -2.48. The first kappa shape index (κ1) is 14.4. The standard InChI is InChI=1S/C16H25NO2/c1-4-14-11-19-12(3)10-17(14)15-8-6-13(7-9-15)16(18)5-2/h6-9,12,14,16,18H,4-5,10-11H2,1-3H3/t12?,14?,16-/m0/s1. The van der Waals surface area contributed by atoms with Crippen molar-refractivity contribution in [2.45, 2.75) is 51.9 Å². The molecule has 1 heterocycles. The molecule has 1 aromatic carbocycles. The average molecular weight is 263 g/mol. The Bertz CT molecular complexity index is 390. The second-order valence-electron chi connectivity index (χ2n) is 5.37. The summed E-state index contributed by atoms with van der Waals surface area (Å²) >= 11 is 0. The highest BCUT2D eigenvalue weighted by molar-refractivity contribution is 5.49. The Kier molecular flexibility index (Phi) is 4.83. The average Bonchev–Trinajstić information content (AvgIpc) is 2.46. The third-order valence-electron chi connectivity index (χ3n) is 3.94. The van der Waals surface area contributed by atoms with E-state index in [1.54, 1.807) is 0 Å². The van der Waals surface area contributed by atoms with Crippen molar-refractivity contribution in [1.82, 2.24) is 0 Å². The Morgan fingerprint density at radius 3 is 2.58 bits per heavy atom. The molecule has 0 bridgehead atoms. The van der Waals surface area contributed by atoms with Crippen LogP contribution in [-0.4, -0.2) is 30.4 Å². The minimum Gasteiger partial charge on any atom is -0.388 e. The Hall–Kier alpha value is -1.06. The van der Waals surface area contributed by atoms with Crippen LogP contribution in [0.1, 0.15) is 45.3 Å². The van der Waals surface area contributed by atoms with E-state index in [4.69, 9.17) is 4.74 Å². The number of ether oxygens (including phenoxy) is 1. The summed E-state index contributed by atoms with van der Waals surface area (Å²) in [4.78, 5) is 2.43. The number of anilines is 1. The van der Waals surface area contributed by atoms with Crippen LogP contribution < -0.4 is 4.90 Å². The lowest BCUT2D eigenvalue weighted by atomic mass is 10.0. The largest absolute Gasteiger partial charge is 0.388 e. The Labute approximate surface area is 116 Å². The van der Waals surface area contributed by atoms with Crippen molar-refractivity contribution in [1.29, 1.82) is 0 Å². The van der Waals surface area contributed by atoms with E-state index >= 15 is 0 Å². The molecule has 2 rings (SSSR count). The lowest BCUT2D eigenvalue weighted by Gasteiger charge is -2.40. The predicted molar refractivity (Wildman–Crippen MR) is 78.5 cm³/mol. The van der Waals surface area contributed by atoms with Gasteiger partial charge in [0.05, 0.1) is 24.9 Å². The van der Waals surface area contributed by atoms with Crippen LogP contribution in [0, 0.1) is 0 Å². The van der Waals surface area contributed by atoms with E-state index in [9.17, 15) is 5.11 Å². The van der Waals surface area contributed by atoms with Gasteiger partial charge in [-0.3, -0.25) is 0 Å². The van der Waals surface area contributed by atoms with Gasteiger partial charge in [0.15, 0.2) is 0 Å². The smallest absolute Gasteiger partial charge is 0.0787 e. The fourth-order valence-electron chi connectivity index (χ4n) is 2.62. The highest BCUT2D eigenvalue weighted by atomic mass is 16.5. The van der Waals surface area contributed by atoms with Crippen LogP contribution >= 0.6 is 0 Å². The summed E-state index contributed by atoms with van der Waals surface area (Å²) in [5, 5.41) is 9.84. The van der Waals surface area contributed by atoms with Gasteiger partial charge >= 0.3 is 0 Å². The van der Waals surface area contributed by atoms with Crippen molar-refractivity contribution in [3.8, 4) is 0 Å². The topological polar surface area (TPSA) is 32.7 Å². The molecule has 3 heteroatoms.